The van der Waals surface area contributed by atoms with E-state index >= 15 is 0 Å². The molecule has 0 amide bonds. The molecule has 0 aromatic heterocycles. The Morgan fingerprint density at radius 2 is 1.92 bits per heavy atom. The molecule has 0 atom stereocenters. The van der Waals surface area contributed by atoms with Crippen molar-refractivity contribution in [3.05, 3.63) is 0 Å². The number of nitrogens with one attached hydrogen (secondary N) is 1. The lowest BCUT2D eigenvalue weighted by atomic mass is 9.99. The van der Waals surface area contributed by atoms with E-state index in [9.17, 15) is 0 Å². The maximum absolute atomic E-state index is 5.46. The summed E-state index contributed by atoms with van der Waals surface area (Å²) < 4.78 is 10.4. The molecular formula is C9H20ClNO2. The van der Waals surface area contributed by atoms with Crippen molar-refractivity contribution in [3.8, 4) is 0 Å². The average molecular weight is 210 g/mol. The SMILES string of the molecule is COCCOCC1CCNCC1.Cl. The maximum atomic E-state index is 5.46. The molecule has 1 rings (SSSR count). The molecular weight excluding hydrogens is 190 g/mol. The minimum Gasteiger partial charge on any atom is -0.382 e. The molecule has 0 unspecified atom stereocenters. The molecule has 13 heavy (non-hydrogen) atoms. The van der Waals surface area contributed by atoms with Crippen LogP contribution in [0.25, 0.3) is 0 Å². The van der Waals surface area contributed by atoms with Crippen LogP contribution in [0.1, 0.15) is 12.8 Å². The lowest BCUT2D eigenvalue weighted by Gasteiger charge is -2.22. The summed E-state index contributed by atoms with van der Waals surface area (Å²) in [4.78, 5) is 0. The van der Waals surface area contributed by atoms with Gasteiger partial charge in [-0.1, -0.05) is 0 Å². The van der Waals surface area contributed by atoms with E-state index in [1.54, 1.807) is 7.11 Å². The van der Waals surface area contributed by atoms with Crippen molar-refractivity contribution in [3.63, 3.8) is 0 Å². The van der Waals surface area contributed by atoms with E-state index in [1.165, 1.54) is 12.8 Å². The summed E-state index contributed by atoms with van der Waals surface area (Å²) in [6, 6.07) is 0. The van der Waals surface area contributed by atoms with E-state index in [-0.39, 0.29) is 12.4 Å². The Hall–Kier alpha value is 0.170. The summed E-state index contributed by atoms with van der Waals surface area (Å²) in [6.45, 7) is 4.66. The lowest BCUT2D eigenvalue weighted by Crippen LogP contribution is -2.30. The number of hydrogen-bond acceptors (Lipinski definition) is 3. The molecule has 1 aliphatic heterocycles. The molecule has 0 saturated carbocycles. The predicted molar refractivity (Wildman–Crippen MR) is 55.5 cm³/mol. The van der Waals surface area contributed by atoms with Crippen molar-refractivity contribution in [2.45, 2.75) is 12.8 Å². The van der Waals surface area contributed by atoms with E-state index < -0.39 is 0 Å². The van der Waals surface area contributed by atoms with Crippen molar-refractivity contribution in [2.75, 3.05) is 40.0 Å². The quantitative estimate of drug-likeness (QED) is 0.688. The van der Waals surface area contributed by atoms with Crippen molar-refractivity contribution >= 4 is 12.4 Å². The van der Waals surface area contributed by atoms with Gasteiger partial charge < -0.3 is 14.8 Å². The third kappa shape index (κ3) is 6.27. The first kappa shape index (κ1) is 13.2. The number of halogens is 1. The predicted octanol–water partition coefficient (Wildman–Crippen LogP) is 1.07. The fraction of sp³-hybridized carbons (Fsp3) is 1.00. The second-order valence-electron chi connectivity index (χ2n) is 3.26. The smallest absolute Gasteiger partial charge is 0.0700 e. The zero-order chi connectivity index (χ0) is 8.65. The van der Waals surface area contributed by atoms with Crippen LogP contribution < -0.4 is 5.32 Å². The topological polar surface area (TPSA) is 30.5 Å². The van der Waals surface area contributed by atoms with Crippen molar-refractivity contribution in [1.82, 2.24) is 5.32 Å². The van der Waals surface area contributed by atoms with Crippen LogP contribution in [-0.2, 0) is 9.47 Å². The van der Waals surface area contributed by atoms with Crippen LogP contribution in [0, 0.1) is 5.92 Å². The molecule has 0 spiro atoms. The molecule has 0 bridgehead atoms. The summed E-state index contributed by atoms with van der Waals surface area (Å²) in [5.41, 5.74) is 0. The summed E-state index contributed by atoms with van der Waals surface area (Å²) in [5, 5.41) is 3.34. The maximum Gasteiger partial charge on any atom is 0.0700 e. The highest BCUT2D eigenvalue weighted by Crippen LogP contribution is 2.11. The normalized spacial score (nSPS) is 18.2. The van der Waals surface area contributed by atoms with Crippen LogP contribution in [0.5, 0.6) is 0 Å². The van der Waals surface area contributed by atoms with E-state index in [2.05, 4.69) is 5.32 Å². The van der Waals surface area contributed by atoms with Gasteiger partial charge in [-0.05, 0) is 31.8 Å². The van der Waals surface area contributed by atoms with Gasteiger partial charge in [0.05, 0.1) is 13.2 Å². The highest BCUT2D eigenvalue weighted by molar-refractivity contribution is 5.85. The first-order valence-corrected chi connectivity index (χ1v) is 4.71. The van der Waals surface area contributed by atoms with Gasteiger partial charge in [-0.15, -0.1) is 12.4 Å². The van der Waals surface area contributed by atoms with Gasteiger partial charge in [-0.2, -0.15) is 0 Å². The van der Waals surface area contributed by atoms with Crippen LogP contribution in [0.3, 0.4) is 0 Å². The molecule has 0 radical (unpaired) electrons. The molecule has 4 heteroatoms. The molecule has 80 valence electrons. The van der Waals surface area contributed by atoms with Crippen LogP contribution in [-0.4, -0.2) is 40.0 Å². The van der Waals surface area contributed by atoms with Gasteiger partial charge in [0.1, 0.15) is 0 Å². The van der Waals surface area contributed by atoms with Gasteiger partial charge >= 0.3 is 0 Å². The Bertz CT molecular complexity index is 108. The standard InChI is InChI=1S/C9H19NO2.ClH/c1-11-6-7-12-8-9-2-4-10-5-3-9;/h9-10H,2-8H2,1H3;1H. The summed E-state index contributed by atoms with van der Waals surface area (Å²) in [5.74, 6) is 0.767. The van der Waals surface area contributed by atoms with Gasteiger partial charge in [0.25, 0.3) is 0 Å². The van der Waals surface area contributed by atoms with Gasteiger partial charge in [0, 0.05) is 13.7 Å². The second-order valence-corrected chi connectivity index (χ2v) is 3.26. The first-order valence-electron chi connectivity index (χ1n) is 4.71. The third-order valence-corrected chi connectivity index (χ3v) is 2.24. The number of piperidine rings is 1. The summed E-state index contributed by atoms with van der Waals surface area (Å²) in [7, 11) is 1.70. The Kier molecular flexibility index (Phi) is 8.87. The zero-order valence-electron chi connectivity index (χ0n) is 8.25. The number of methoxy groups -OCH3 is 1. The second kappa shape index (κ2) is 8.75. The fourth-order valence-corrected chi connectivity index (χ4v) is 1.44. The average Bonchev–Trinajstić information content (AvgIpc) is 2.14. The summed E-state index contributed by atoms with van der Waals surface area (Å²) >= 11 is 0. The fourth-order valence-electron chi connectivity index (χ4n) is 1.44. The zero-order valence-corrected chi connectivity index (χ0v) is 9.07. The van der Waals surface area contributed by atoms with Crippen molar-refractivity contribution < 1.29 is 9.47 Å². The highest BCUT2D eigenvalue weighted by atomic mass is 35.5. The van der Waals surface area contributed by atoms with Gasteiger partial charge in [-0.3, -0.25) is 0 Å². The third-order valence-electron chi connectivity index (χ3n) is 2.24. The highest BCUT2D eigenvalue weighted by Gasteiger charge is 2.12. The minimum absolute atomic E-state index is 0. The number of hydrogen-bond donors (Lipinski definition) is 1. The van der Waals surface area contributed by atoms with E-state index in [0.717, 1.165) is 32.2 Å². The van der Waals surface area contributed by atoms with Crippen LogP contribution >= 0.6 is 12.4 Å². The molecule has 0 aromatic carbocycles. The van der Waals surface area contributed by atoms with Crippen molar-refractivity contribution in [2.24, 2.45) is 5.92 Å². The van der Waals surface area contributed by atoms with E-state index in [4.69, 9.17) is 9.47 Å². The monoisotopic (exact) mass is 209 g/mol. The minimum atomic E-state index is 0. The van der Waals surface area contributed by atoms with Crippen LogP contribution in [0.2, 0.25) is 0 Å². The Morgan fingerprint density at radius 3 is 2.54 bits per heavy atom. The Balaban J connectivity index is 0.00000144. The first-order chi connectivity index (χ1) is 5.93. The molecule has 1 heterocycles. The Morgan fingerprint density at radius 1 is 1.23 bits per heavy atom. The van der Waals surface area contributed by atoms with Crippen LogP contribution in [0.4, 0.5) is 0 Å². The summed E-state index contributed by atoms with van der Waals surface area (Å²) in [6.07, 6.45) is 2.51. The number of ether oxygens (including phenoxy) is 2. The lowest BCUT2D eigenvalue weighted by molar-refractivity contribution is 0.0453. The van der Waals surface area contributed by atoms with Gasteiger partial charge in [0.2, 0.25) is 0 Å². The van der Waals surface area contributed by atoms with Gasteiger partial charge in [-0.25, -0.2) is 0 Å². The largest absolute Gasteiger partial charge is 0.382 e. The molecule has 0 aromatic rings. The Labute approximate surface area is 86.6 Å². The van der Waals surface area contributed by atoms with Gasteiger partial charge in [0.15, 0.2) is 0 Å². The van der Waals surface area contributed by atoms with Crippen molar-refractivity contribution in [1.29, 1.82) is 0 Å². The van der Waals surface area contributed by atoms with Crippen LogP contribution in [0.15, 0.2) is 0 Å². The molecule has 1 aliphatic rings. The molecule has 3 nitrogen and oxygen atoms in total. The van der Waals surface area contributed by atoms with E-state index in [1.807, 2.05) is 0 Å². The van der Waals surface area contributed by atoms with E-state index in [0.29, 0.717) is 6.61 Å². The molecule has 0 aliphatic carbocycles. The number of rotatable bonds is 5. The molecule has 1 saturated heterocycles. The molecule has 1 fully saturated rings. The molecule has 1 N–H and O–H groups in total.